The van der Waals surface area contributed by atoms with Crippen LogP contribution in [0.15, 0.2) is 30.5 Å². The smallest absolute Gasteiger partial charge is 0.113 e. The maximum atomic E-state index is 5.32. The third-order valence-electron chi connectivity index (χ3n) is 2.29. The molecule has 0 radical (unpaired) electrons. The van der Waals surface area contributed by atoms with Gasteiger partial charge in [-0.25, -0.2) is 0 Å². The fourth-order valence-corrected chi connectivity index (χ4v) is 1.85. The Hall–Kier alpha value is -1.15. The van der Waals surface area contributed by atoms with E-state index in [4.69, 9.17) is 12.2 Å². The Labute approximate surface area is 82.6 Å². The van der Waals surface area contributed by atoms with Crippen LogP contribution in [-0.4, -0.2) is 4.57 Å². The number of hydrogen-bond donors (Lipinski definition) is 0. The van der Waals surface area contributed by atoms with Crippen molar-refractivity contribution in [3.63, 3.8) is 0 Å². The molecule has 0 bridgehead atoms. The molecule has 1 aromatic heterocycles. The predicted octanol–water partition coefficient (Wildman–Crippen LogP) is 3.22. The number of aryl methyl sites for hydroxylation is 2. The predicted molar refractivity (Wildman–Crippen MR) is 58.5 cm³/mol. The average Bonchev–Trinajstić information content (AvgIpc) is 2.15. The number of rotatable bonds is 0. The third-order valence-corrected chi connectivity index (χ3v) is 2.80. The number of nitrogens with zero attached hydrogens (tertiary/aromatic N) is 1. The summed E-state index contributed by atoms with van der Waals surface area (Å²) in [4.78, 5) is 0. The highest BCUT2D eigenvalue weighted by Crippen LogP contribution is 2.18. The Balaban J connectivity index is 3.06. The monoisotopic (exact) mass is 189 g/mol. The minimum Gasteiger partial charge on any atom is -0.342 e. The minimum absolute atomic E-state index is 0.904. The molecular weight excluding hydrogens is 178 g/mol. The standard InChI is InChI=1S/C11H11NS/c1-8-7-12(2)11(13)10-6-4-3-5-9(8)10/h3-7H,1-2H3. The number of fused-ring (bicyclic) bond motifs is 1. The summed E-state index contributed by atoms with van der Waals surface area (Å²) in [6.07, 6.45) is 2.07. The molecule has 0 atom stereocenters. The number of aromatic nitrogens is 1. The van der Waals surface area contributed by atoms with Gasteiger partial charge in [-0.15, -0.1) is 0 Å². The molecular formula is C11H11NS. The van der Waals surface area contributed by atoms with E-state index in [-0.39, 0.29) is 0 Å². The molecule has 0 unspecified atom stereocenters. The van der Waals surface area contributed by atoms with Crippen molar-refractivity contribution in [3.8, 4) is 0 Å². The summed E-state index contributed by atoms with van der Waals surface area (Å²) in [7, 11) is 1.99. The zero-order valence-corrected chi connectivity index (χ0v) is 8.56. The van der Waals surface area contributed by atoms with Gasteiger partial charge in [-0.2, -0.15) is 0 Å². The SMILES string of the molecule is Cc1cn(C)c(=S)c2ccccc12. The maximum Gasteiger partial charge on any atom is 0.113 e. The lowest BCUT2D eigenvalue weighted by molar-refractivity contribution is 0.891. The van der Waals surface area contributed by atoms with Crippen LogP contribution in [0.4, 0.5) is 0 Å². The summed E-state index contributed by atoms with van der Waals surface area (Å²) in [6, 6.07) is 8.26. The van der Waals surface area contributed by atoms with Crippen molar-refractivity contribution in [3.05, 3.63) is 40.7 Å². The topological polar surface area (TPSA) is 4.93 Å². The van der Waals surface area contributed by atoms with E-state index in [2.05, 4.69) is 25.3 Å². The van der Waals surface area contributed by atoms with Gasteiger partial charge in [0.25, 0.3) is 0 Å². The number of benzene rings is 1. The van der Waals surface area contributed by atoms with E-state index in [1.54, 1.807) is 0 Å². The minimum atomic E-state index is 0.904. The molecule has 0 saturated carbocycles. The Morgan fingerprint density at radius 2 is 1.77 bits per heavy atom. The van der Waals surface area contributed by atoms with Gasteiger partial charge in [0.1, 0.15) is 4.64 Å². The van der Waals surface area contributed by atoms with Crippen LogP contribution in [0.2, 0.25) is 0 Å². The first kappa shape index (κ1) is 8.45. The van der Waals surface area contributed by atoms with Crippen LogP contribution >= 0.6 is 12.2 Å². The van der Waals surface area contributed by atoms with Crippen LogP contribution in [0.1, 0.15) is 5.56 Å². The molecule has 0 amide bonds. The molecule has 1 aromatic carbocycles. The molecule has 2 rings (SSSR count). The summed E-state index contributed by atoms with van der Waals surface area (Å²) < 4.78 is 2.90. The van der Waals surface area contributed by atoms with E-state index < -0.39 is 0 Å². The van der Waals surface area contributed by atoms with Gasteiger partial charge < -0.3 is 4.57 Å². The summed E-state index contributed by atoms with van der Waals surface area (Å²) in [5.41, 5.74) is 1.27. The second-order valence-corrected chi connectivity index (χ2v) is 3.66. The van der Waals surface area contributed by atoms with Gasteiger partial charge in [0.2, 0.25) is 0 Å². The first-order chi connectivity index (χ1) is 6.20. The van der Waals surface area contributed by atoms with E-state index in [1.807, 2.05) is 23.7 Å². The molecule has 2 heteroatoms. The second-order valence-electron chi connectivity index (χ2n) is 3.27. The Morgan fingerprint density at radius 3 is 2.46 bits per heavy atom. The van der Waals surface area contributed by atoms with Crippen molar-refractivity contribution in [2.45, 2.75) is 6.92 Å². The Bertz CT molecular complexity index is 511. The highest BCUT2D eigenvalue weighted by Gasteiger charge is 1.99. The van der Waals surface area contributed by atoms with Gasteiger partial charge in [0.05, 0.1) is 0 Å². The van der Waals surface area contributed by atoms with Gasteiger partial charge in [0.15, 0.2) is 0 Å². The number of hydrogen-bond acceptors (Lipinski definition) is 1. The lowest BCUT2D eigenvalue weighted by Gasteiger charge is -2.06. The highest BCUT2D eigenvalue weighted by molar-refractivity contribution is 7.71. The van der Waals surface area contributed by atoms with Crippen LogP contribution in [0.3, 0.4) is 0 Å². The van der Waals surface area contributed by atoms with Gasteiger partial charge in [-0.3, -0.25) is 0 Å². The van der Waals surface area contributed by atoms with Crippen molar-refractivity contribution in [2.24, 2.45) is 7.05 Å². The van der Waals surface area contributed by atoms with Gasteiger partial charge >= 0.3 is 0 Å². The van der Waals surface area contributed by atoms with Crippen LogP contribution < -0.4 is 0 Å². The second kappa shape index (κ2) is 2.96. The molecule has 0 aliphatic heterocycles. The number of pyridine rings is 1. The molecule has 0 N–H and O–H groups in total. The summed E-state index contributed by atoms with van der Waals surface area (Å²) in [5.74, 6) is 0. The molecule has 0 saturated heterocycles. The molecule has 13 heavy (non-hydrogen) atoms. The van der Waals surface area contributed by atoms with E-state index in [0.717, 1.165) is 4.64 Å². The van der Waals surface area contributed by atoms with Crippen LogP contribution in [0, 0.1) is 11.6 Å². The quantitative estimate of drug-likeness (QED) is 0.576. The first-order valence-electron chi connectivity index (χ1n) is 4.25. The fraction of sp³-hybridized carbons (Fsp3) is 0.182. The molecule has 66 valence electrons. The Morgan fingerprint density at radius 1 is 1.15 bits per heavy atom. The van der Waals surface area contributed by atoms with Crippen molar-refractivity contribution < 1.29 is 0 Å². The third kappa shape index (κ3) is 1.27. The summed E-state index contributed by atoms with van der Waals surface area (Å²) in [5, 5.41) is 2.42. The van der Waals surface area contributed by atoms with E-state index >= 15 is 0 Å². The normalized spacial score (nSPS) is 10.6. The van der Waals surface area contributed by atoms with Gasteiger partial charge in [-0.05, 0) is 17.9 Å². The van der Waals surface area contributed by atoms with Gasteiger partial charge in [0, 0.05) is 18.6 Å². The van der Waals surface area contributed by atoms with E-state index in [9.17, 15) is 0 Å². The molecule has 0 aliphatic carbocycles. The van der Waals surface area contributed by atoms with Crippen molar-refractivity contribution in [1.29, 1.82) is 0 Å². The zero-order chi connectivity index (χ0) is 9.42. The lowest BCUT2D eigenvalue weighted by Crippen LogP contribution is -1.94. The zero-order valence-electron chi connectivity index (χ0n) is 7.74. The van der Waals surface area contributed by atoms with Gasteiger partial charge in [-0.1, -0.05) is 36.5 Å². The van der Waals surface area contributed by atoms with E-state index in [1.165, 1.54) is 16.3 Å². The highest BCUT2D eigenvalue weighted by atomic mass is 32.1. The maximum absolute atomic E-state index is 5.32. The summed E-state index contributed by atoms with van der Waals surface area (Å²) in [6.45, 7) is 2.11. The average molecular weight is 189 g/mol. The lowest BCUT2D eigenvalue weighted by atomic mass is 10.1. The Kier molecular flexibility index (Phi) is 1.93. The molecule has 1 heterocycles. The summed E-state index contributed by atoms with van der Waals surface area (Å²) >= 11 is 5.32. The van der Waals surface area contributed by atoms with Crippen LogP contribution in [-0.2, 0) is 7.05 Å². The van der Waals surface area contributed by atoms with Crippen molar-refractivity contribution in [2.75, 3.05) is 0 Å². The van der Waals surface area contributed by atoms with Crippen molar-refractivity contribution >= 4 is 23.0 Å². The molecule has 1 nitrogen and oxygen atoms in total. The first-order valence-corrected chi connectivity index (χ1v) is 4.66. The fourth-order valence-electron chi connectivity index (χ4n) is 1.62. The van der Waals surface area contributed by atoms with E-state index in [0.29, 0.717) is 0 Å². The molecule has 0 aliphatic rings. The molecule has 2 aromatic rings. The van der Waals surface area contributed by atoms with Crippen molar-refractivity contribution in [1.82, 2.24) is 4.57 Å². The molecule has 0 fully saturated rings. The molecule has 0 spiro atoms. The van der Waals surface area contributed by atoms with Crippen LogP contribution in [0.25, 0.3) is 10.8 Å². The largest absolute Gasteiger partial charge is 0.342 e. The van der Waals surface area contributed by atoms with Crippen LogP contribution in [0.5, 0.6) is 0 Å².